The van der Waals surface area contributed by atoms with Crippen molar-refractivity contribution in [1.82, 2.24) is 19.4 Å². The molecule has 0 bridgehead atoms. The van der Waals surface area contributed by atoms with Crippen molar-refractivity contribution in [3.63, 3.8) is 0 Å². The Morgan fingerprint density at radius 2 is 2.17 bits per heavy atom. The lowest BCUT2D eigenvalue weighted by Gasteiger charge is -2.11. The van der Waals surface area contributed by atoms with Gasteiger partial charge >= 0.3 is 5.97 Å². The first kappa shape index (κ1) is 14.1. The summed E-state index contributed by atoms with van der Waals surface area (Å²) in [5.41, 5.74) is 2.91. The van der Waals surface area contributed by atoms with Crippen molar-refractivity contribution in [2.75, 3.05) is 5.32 Å². The lowest BCUT2D eigenvalue weighted by molar-refractivity contribution is 0.0693. The molecule has 24 heavy (non-hydrogen) atoms. The summed E-state index contributed by atoms with van der Waals surface area (Å²) in [7, 11) is 0. The molecule has 7 nitrogen and oxygen atoms in total. The molecular weight excluding hydrogens is 306 g/mol. The van der Waals surface area contributed by atoms with Crippen LogP contribution in [-0.2, 0) is 0 Å². The van der Waals surface area contributed by atoms with E-state index in [0.717, 1.165) is 22.2 Å². The van der Waals surface area contributed by atoms with Crippen LogP contribution in [0.5, 0.6) is 0 Å². The van der Waals surface area contributed by atoms with Crippen LogP contribution >= 0.6 is 0 Å². The number of carboxylic acids is 1. The van der Waals surface area contributed by atoms with Crippen molar-refractivity contribution in [3.8, 4) is 0 Å². The van der Waals surface area contributed by atoms with Crippen LogP contribution in [0, 0.1) is 6.92 Å². The molecule has 2 N–H and O–H groups in total. The maximum atomic E-state index is 11.4. The molecule has 4 aromatic rings. The molecule has 0 aliphatic heterocycles. The van der Waals surface area contributed by atoms with Gasteiger partial charge in [-0.25, -0.2) is 14.8 Å². The molecule has 0 saturated heterocycles. The SMILES string of the molecule is Cc1cccc(Nc2nc3c(C(=O)O)ncn3c3cnccc23)c1. The van der Waals surface area contributed by atoms with Gasteiger partial charge in [-0.1, -0.05) is 12.1 Å². The van der Waals surface area contributed by atoms with Crippen LogP contribution in [-0.4, -0.2) is 30.4 Å². The molecule has 0 amide bonds. The Hall–Kier alpha value is -3.48. The average molecular weight is 319 g/mol. The molecule has 0 unspecified atom stereocenters. The van der Waals surface area contributed by atoms with Crippen molar-refractivity contribution in [2.45, 2.75) is 6.92 Å². The fourth-order valence-corrected chi connectivity index (χ4v) is 2.68. The number of nitrogens with one attached hydrogen (secondary N) is 1. The highest BCUT2D eigenvalue weighted by molar-refractivity contribution is 5.97. The summed E-state index contributed by atoms with van der Waals surface area (Å²) in [6, 6.07) is 9.71. The second kappa shape index (κ2) is 5.31. The van der Waals surface area contributed by atoms with Gasteiger partial charge in [0.05, 0.1) is 11.7 Å². The summed E-state index contributed by atoms with van der Waals surface area (Å²) < 4.78 is 1.63. The standard InChI is InChI=1S/C17H13N5O2/c1-10-3-2-4-11(7-10)20-15-12-5-6-18-8-13(12)22-9-19-14(17(23)24)16(22)21-15/h2-9H,1H3,(H,20,21)(H,23,24). The van der Waals surface area contributed by atoms with Crippen molar-refractivity contribution in [3.05, 3.63) is 60.3 Å². The van der Waals surface area contributed by atoms with Crippen molar-refractivity contribution in [2.24, 2.45) is 0 Å². The number of aryl methyl sites for hydroxylation is 1. The summed E-state index contributed by atoms with van der Waals surface area (Å²) in [4.78, 5) is 23.9. The number of pyridine rings is 1. The summed E-state index contributed by atoms with van der Waals surface area (Å²) >= 11 is 0. The molecule has 3 heterocycles. The Kier molecular flexibility index (Phi) is 3.13. The van der Waals surface area contributed by atoms with Gasteiger partial charge in [0.15, 0.2) is 11.3 Å². The van der Waals surface area contributed by atoms with E-state index < -0.39 is 5.97 Å². The van der Waals surface area contributed by atoms with Gasteiger partial charge in [-0.05, 0) is 30.7 Å². The second-order valence-electron chi connectivity index (χ2n) is 5.44. The van der Waals surface area contributed by atoms with Gasteiger partial charge in [0.25, 0.3) is 0 Å². The van der Waals surface area contributed by atoms with Crippen LogP contribution in [0.4, 0.5) is 11.5 Å². The predicted molar refractivity (Wildman–Crippen MR) is 89.7 cm³/mol. The number of carboxylic acid groups (broad SMARTS) is 1. The van der Waals surface area contributed by atoms with E-state index in [2.05, 4.69) is 20.3 Å². The third kappa shape index (κ3) is 2.23. The van der Waals surface area contributed by atoms with Crippen molar-refractivity contribution >= 4 is 34.0 Å². The molecule has 118 valence electrons. The number of anilines is 2. The molecule has 0 radical (unpaired) electrons. The van der Waals surface area contributed by atoms with Crippen LogP contribution in [0.1, 0.15) is 16.1 Å². The number of hydrogen-bond acceptors (Lipinski definition) is 5. The monoisotopic (exact) mass is 319 g/mol. The minimum absolute atomic E-state index is 0.0898. The normalized spacial score (nSPS) is 11.0. The van der Waals surface area contributed by atoms with Crippen LogP contribution in [0.2, 0.25) is 0 Å². The van der Waals surface area contributed by atoms with Gasteiger partial charge in [0, 0.05) is 17.3 Å². The van der Waals surface area contributed by atoms with E-state index in [0.29, 0.717) is 5.82 Å². The molecule has 0 fully saturated rings. The van der Waals surface area contributed by atoms with E-state index in [4.69, 9.17) is 0 Å². The Morgan fingerprint density at radius 1 is 1.29 bits per heavy atom. The number of aromatic carboxylic acids is 1. The number of aromatic nitrogens is 4. The zero-order valence-corrected chi connectivity index (χ0v) is 12.8. The fraction of sp³-hybridized carbons (Fsp3) is 0.0588. The topological polar surface area (TPSA) is 92.4 Å². The first-order valence-electron chi connectivity index (χ1n) is 7.31. The molecule has 1 aromatic carbocycles. The quantitative estimate of drug-likeness (QED) is 0.603. The van der Waals surface area contributed by atoms with E-state index in [-0.39, 0.29) is 11.3 Å². The number of benzene rings is 1. The lowest BCUT2D eigenvalue weighted by atomic mass is 10.2. The largest absolute Gasteiger partial charge is 0.476 e. The van der Waals surface area contributed by atoms with Crippen LogP contribution in [0.25, 0.3) is 16.6 Å². The summed E-state index contributed by atoms with van der Waals surface area (Å²) in [5.74, 6) is -0.553. The molecular formula is C17H13N5O2. The van der Waals surface area contributed by atoms with E-state index >= 15 is 0 Å². The smallest absolute Gasteiger partial charge is 0.358 e. The molecule has 3 aromatic heterocycles. The summed E-state index contributed by atoms with van der Waals surface area (Å²) in [6.45, 7) is 2.00. The van der Waals surface area contributed by atoms with Gasteiger partial charge in [-0.15, -0.1) is 0 Å². The highest BCUT2D eigenvalue weighted by Gasteiger charge is 2.17. The maximum Gasteiger partial charge on any atom is 0.358 e. The molecule has 4 rings (SSSR count). The summed E-state index contributed by atoms with van der Waals surface area (Å²) in [5, 5.41) is 13.4. The predicted octanol–water partition coefficient (Wildman–Crippen LogP) is 3.03. The number of rotatable bonds is 3. The molecule has 0 saturated carbocycles. The average Bonchev–Trinajstić information content (AvgIpc) is 2.99. The molecule has 0 atom stereocenters. The number of imidazole rings is 1. The molecule has 0 aliphatic rings. The Bertz CT molecular complexity index is 1090. The third-order valence-corrected chi connectivity index (χ3v) is 3.76. The van der Waals surface area contributed by atoms with E-state index in [1.165, 1.54) is 6.33 Å². The highest BCUT2D eigenvalue weighted by Crippen LogP contribution is 2.26. The van der Waals surface area contributed by atoms with Gasteiger partial charge in [-0.3, -0.25) is 9.38 Å². The van der Waals surface area contributed by atoms with Crippen LogP contribution in [0.3, 0.4) is 0 Å². The molecule has 0 spiro atoms. The van der Waals surface area contributed by atoms with Crippen molar-refractivity contribution < 1.29 is 9.90 Å². The molecule has 0 aliphatic carbocycles. The minimum atomic E-state index is -1.12. The zero-order valence-electron chi connectivity index (χ0n) is 12.8. The van der Waals surface area contributed by atoms with Gasteiger partial charge in [-0.2, -0.15) is 0 Å². The fourth-order valence-electron chi connectivity index (χ4n) is 2.68. The maximum absolute atomic E-state index is 11.4. The van der Waals surface area contributed by atoms with Crippen molar-refractivity contribution in [1.29, 1.82) is 0 Å². The Balaban J connectivity index is 1.98. The van der Waals surface area contributed by atoms with Gasteiger partial charge in [0.2, 0.25) is 0 Å². The van der Waals surface area contributed by atoms with Crippen LogP contribution < -0.4 is 5.32 Å². The number of hydrogen-bond donors (Lipinski definition) is 2. The zero-order chi connectivity index (χ0) is 16.7. The number of nitrogens with zero attached hydrogens (tertiary/aromatic N) is 4. The van der Waals surface area contributed by atoms with Gasteiger partial charge < -0.3 is 10.4 Å². The Morgan fingerprint density at radius 3 is 2.96 bits per heavy atom. The van der Waals surface area contributed by atoms with Crippen LogP contribution in [0.15, 0.2) is 49.1 Å². The van der Waals surface area contributed by atoms with Gasteiger partial charge in [0.1, 0.15) is 12.1 Å². The first-order valence-corrected chi connectivity index (χ1v) is 7.31. The third-order valence-electron chi connectivity index (χ3n) is 3.76. The summed E-state index contributed by atoms with van der Waals surface area (Å²) in [6.07, 6.45) is 4.79. The number of fused-ring (bicyclic) bond motifs is 3. The highest BCUT2D eigenvalue weighted by atomic mass is 16.4. The Labute approximate surface area is 136 Å². The second-order valence-corrected chi connectivity index (χ2v) is 5.44. The lowest BCUT2D eigenvalue weighted by Crippen LogP contribution is -2.03. The van der Waals surface area contributed by atoms with E-state index in [1.807, 2.05) is 37.3 Å². The minimum Gasteiger partial charge on any atom is -0.476 e. The molecule has 7 heteroatoms. The first-order chi connectivity index (χ1) is 11.6. The number of carbonyl (C=O) groups is 1. The van der Waals surface area contributed by atoms with E-state index in [1.54, 1.807) is 16.8 Å². The van der Waals surface area contributed by atoms with E-state index in [9.17, 15) is 9.90 Å².